The van der Waals surface area contributed by atoms with Crippen LogP contribution in [-0.4, -0.2) is 34.8 Å². The van der Waals surface area contributed by atoms with Gasteiger partial charge < -0.3 is 14.2 Å². The van der Waals surface area contributed by atoms with Crippen molar-refractivity contribution in [2.24, 2.45) is 0 Å². The molecule has 0 spiro atoms. The highest BCUT2D eigenvalue weighted by Gasteiger charge is 2.40. The zero-order valence-electron chi connectivity index (χ0n) is 22.2. The second-order valence-electron chi connectivity index (χ2n) is 11.1. The van der Waals surface area contributed by atoms with Gasteiger partial charge in [0.1, 0.15) is 17.0 Å². The maximum Gasteiger partial charge on any atom is 0.422 e. The highest BCUT2D eigenvalue weighted by atomic mass is 35.5. The number of carbonyl (C=O) groups is 3. The van der Waals surface area contributed by atoms with Crippen LogP contribution in [0.4, 0.5) is 10.5 Å². The molecular formula is C28H31Cl2NO6. The zero-order chi connectivity index (χ0) is 27.9. The molecule has 1 aliphatic heterocycles. The molecule has 2 aromatic rings. The number of ether oxygens (including phenoxy) is 3. The Balaban J connectivity index is 2.07. The van der Waals surface area contributed by atoms with Crippen LogP contribution in [0.2, 0.25) is 10.0 Å². The quantitative estimate of drug-likeness (QED) is 0.294. The van der Waals surface area contributed by atoms with Crippen molar-refractivity contribution in [2.45, 2.75) is 72.2 Å². The number of esters is 1. The third-order valence-corrected chi connectivity index (χ3v) is 5.50. The first-order valence-corrected chi connectivity index (χ1v) is 12.4. The minimum absolute atomic E-state index is 0.208. The van der Waals surface area contributed by atoms with E-state index >= 15 is 0 Å². The fourth-order valence-electron chi connectivity index (χ4n) is 3.49. The number of amides is 2. The molecule has 0 saturated heterocycles. The van der Waals surface area contributed by atoms with Crippen molar-refractivity contribution >= 4 is 58.5 Å². The Labute approximate surface area is 227 Å². The van der Waals surface area contributed by atoms with Gasteiger partial charge in [-0.3, -0.25) is 4.79 Å². The lowest BCUT2D eigenvalue weighted by Gasteiger charge is -2.29. The lowest BCUT2D eigenvalue weighted by atomic mass is 10.0. The van der Waals surface area contributed by atoms with Crippen LogP contribution in [-0.2, 0) is 19.1 Å². The van der Waals surface area contributed by atoms with E-state index in [-0.39, 0.29) is 5.57 Å². The molecule has 9 heteroatoms. The van der Waals surface area contributed by atoms with Gasteiger partial charge >= 0.3 is 12.1 Å². The highest BCUT2D eigenvalue weighted by molar-refractivity contribution is 6.42. The van der Waals surface area contributed by atoms with E-state index in [4.69, 9.17) is 37.4 Å². The van der Waals surface area contributed by atoms with E-state index in [1.165, 1.54) is 6.07 Å². The van der Waals surface area contributed by atoms with Gasteiger partial charge in [-0.15, -0.1) is 0 Å². The van der Waals surface area contributed by atoms with Crippen LogP contribution in [0.5, 0.6) is 5.75 Å². The monoisotopic (exact) mass is 547 g/mol. The first kappa shape index (κ1) is 28.5. The zero-order valence-corrected chi connectivity index (χ0v) is 23.7. The minimum atomic E-state index is -1.35. The van der Waals surface area contributed by atoms with Crippen LogP contribution < -0.4 is 9.64 Å². The van der Waals surface area contributed by atoms with Gasteiger partial charge in [-0.1, -0.05) is 29.3 Å². The summed E-state index contributed by atoms with van der Waals surface area (Å²) in [4.78, 5) is 40.2. The number of hydrogen-bond donors (Lipinski definition) is 0. The van der Waals surface area contributed by atoms with E-state index in [1.807, 2.05) is 0 Å². The summed E-state index contributed by atoms with van der Waals surface area (Å²) >= 11 is 12.5. The second-order valence-corrected chi connectivity index (χ2v) is 12.0. The molecule has 0 N–H and O–H groups in total. The van der Waals surface area contributed by atoms with Crippen molar-refractivity contribution < 1.29 is 28.6 Å². The van der Waals surface area contributed by atoms with Gasteiger partial charge in [0.2, 0.25) is 0 Å². The molecule has 0 aliphatic carbocycles. The molecule has 3 rings (SSSR count). The summed E-state index contributed by atoms with van der Waals surface area (Å²) in [5.41, 5.74) is -1.44. The standard InChI is InChI=1S/C28H31Cl2NO6/c1-26(2,3)36-24(33)28(7,8)35-22-12-10-17(29)13-16(22)14-20-19-11-9-18(30)15-21(19)31(23(20)32)25(34)37-27(4,5)6/h9-15H,1-8H3/b20-14-. The van der Waals surface area contributed by atoms with Gasteiger partial charge in [0.25, 0.3) is 5.91 Å². The van der Waals surface area contributed by atoms with E-state index in [2.05, 4.69) is 0 Å². The van der Waals surface area contributed by atoms with Gasteiger partial charge in [0.05, 0.1) is 11.3 Å². The fraction of sp³-hybridized carbons (Fsp3) is 0.393. The van der Waals surface area contributed by atoms with E-state index < -0.39 is 34.8 Å². The molecule has 198 valence electrons. The summed E-state index contributed by atoms with van der Waals surface area (Å²) in [5, 5.41) is 0.743. The number of hydrogen-bond acceptors (Lipinski definition) is 6. The number of nitrogens with zero attached hydrogens (tertiary/aromatic N) is 1. The minimum Gasteiger partial charge on any atom is -0.476 e. The van der Waals surface area contributed by atoms with E-state index in [0.29, 0.717) is 32.6 Å². The van der Waals surface area contributed by atoms with Gasteiger partial charge in [-0.05, 0) is 91.8 Å². The molecule has 2 amide bonds. The highest BCUT2D eigenvalue weighted by Crippen LogP contribution is 2.41. The van der Waals surface area contributed by atoms with Crippen molar-refractivity contribution in [3.8, 4) is 5.75 Å². The van der Waals surface area contributed by atoms with E-state index in [0.717, 1.165) is 4.90 Å². The topological polar surface area (TPSA) is 82.1 Å². The fourth-order valence-corrected chi connectivity index (χ4v) is 3.84. The van der Waals surface area contributed by atoms with Crippen LogP contribution in [0.25, 0.3) is 11.6 Å². The lowest BCUT2D eigenvalue weighted by Crippen LogP contribution is -2.43. The number of rotatable bonds is 4. The van der Waals surface area contributed by atoms with Crippen molar-refractivity contribution in [2.75, 3.05) is 4.90 Å². The Morgan fingerprint density at radius 1 is 0.838 bits per heavy atom. The third kappa shape index (κ3) is 6.84. The summed E-state index contributed by atoms with van der Waals surface area (Å²) in [5.74, 6) is -0.850. The maximum atomic E-state index is 13.5. The van der Waals surface area contributed by atoms with Gasteiger partial charge in [-0.2, -0.15) is 0 Å². The van der Waals surface area contributed by atoms with Crippen molar-refractivity contribution in [1.82, 2.24) is 0 Å². The molecule has 1 heterocycles. The van der Waals surface area contributed by atoms with Crippen LogP contribution in [0.1, 0.15) is 66.5 Å². The molecule has 0 fully saturated rings. The van der Waals surface area contributed by atoms with E-state index in [1.54, 1.807) is 91.8 Å². The molecule has 2 aromatic carbocycles. The van der Waals surface area contributed by atoms with Crippen molar-refractivity contribution in [3.05, 3.63) is 57.6 Å². The first-order chi connectivity index (χ1) is 16.9. The maximum absolute atomic E-state index is 13.5. The number of fused-ring (bicyclic) bond motifs is 1. The molecule has 0 unspecified atom stereocenters. The van der Waals surface area contributed by atoms with Crippen molar-refractivity contribution in [1.29, 1.82) is 0 Å². The molecule has 0 saturated carbocycles. The van der Waals surface area contributed by atoms with Crippen LogP contribution in [0, 0.1) is 0 Å². The van der Waals surface area contributed by atoms with E-state index in [9.17, 15) is 14.4 Å². The lowest BCUT2D eigenvalue weighted by molar-refractivity contribution is -0.170. The molecular weight excluding hydrogens is 517 g/mol. The number of carbonyl (C=O) groups excluding carboxylic acids is 3. The molecule has 37 heavy (non-hydrogen) atoms. The van der Waals surface area contributed by atoms with Crippen LogP contribution >= 0.6 is 23.2 Å². The Morgan fingerprint density at radius 3 is 2.00 bits per heavy atom. The average Bonchev–Trinajstić information content (AvgIpc) is 2.98. The number of imide groups is 1. The summed E-state index contributed by atoms with van der Waals surface area (Å²) < 4.78 is 17.0. The normalized spacial score (nSPS) is 15.0. The number of halogens is 2. The second kappa shape index (κ2) is 10.0. The molecule has 0 atom stereocenters. The van der Waals surface area contributed by atoms with Gasteiger partial charge in [-0.25, -0.2) is 14.5 Å². The Morgan fingerprint density at radius 2 is 1.41 bits per heavy atom. The Kier molecular flexibility index (Phi) is 7.73. The molecule has 0 aromatic heterocycles. The molecule has 0 radical (unpaired) electrons. The summed E-state index contributed by atoms with van der Waals surface area (Å²) in [6, 6.07) is 9.63. The van der Waals surface area contributed by atoms with Crippen LogP contribution in [0.3, 0.4) is 0 Å². The largest absolute Gasteiger partial charge is 0.476 e. The SMILES string of the molecule is CC(C)(C)OC(=O)N1C(=O)/C(=C\c2cc(Cl)ccc2OC(C)(C)C(=O)OC(C)(C)C)c2ccc(Cl)cc21. The number of anilines is 1. The predicted octanol–water partition coefficient (Wildman–Crippen LogP) is 7.31. The molecule has 7 nitrogen and oxygen atoms in total. The average molecular weight is 548 g/mol. The van der Waals surface area contributed by atoms with Crippen LogP contribution in [0.15, 0.2) is 36.4 Å². The number of benzene rings is 2. The molecule has 0 bridgehead atoms. The Hall–Kier alpha value is -3.03. The Bertz CT molecular complexity index is 1280. The van der Waals surface area contributed by atoms with Gasteiger partial charge in [0.15, 0.2) is 5.60 Å². The predicted molar refractivity (Wildman–Crippen MR) is 145 cm³/mol. The molecule has 1 aliphatic rings. The summed E-state index contributed by atoms with van der Waals surface area (Å²) in [6.07, 6.45) is 0.740. The first-order valence-electron chi connectivity index (χ1n) is 11.7. The third-order valence-electron chi connectivity index (χ3n) is 5.03. The van der Waals surface area contributed by atoms with Crippen molar-refractivity contribution in [3.63, 3.8) is 0 Å². The smallest absolute Gasteiger partial charge is 0.422 e. The van der Waals surface area contributed by atoms with Gasteiger partial charge in [0, 0.05) is 21.2 Å². The summed E-state index contributed by atoms with van der Waals surface area (Å²) in [6.45, 7) is 13.6. The summed E-state index contributed by atoms with van der Waals surface area (Å²) in [7, 11) is 0.